The average Bonchev–Trinajstić information content (AvgIpc) is 3.10. The van der Waals surface area contributed by atoms with Crippen molar-refractivity contribution >= 4 is 29.0 Å². The van der Waals surface area contributed by atoms with Crippen LogP contribution in [-0.4, -0.2) is 41.4 Å². The molecule has 1 aromatic heterocycles. The number of nitro benzene ring substituents is 1. The highest BCUT2D eigenvalue weighted by Crippen LogP contribution is 2.25. The van der Waals surface area contributed by atoms with Crippen LogP contribution in [0.3, 0.4) is 0 Å². The van der Waals surface area contributed by atoms with Crippen molar-refractivity contribution in [2.45, 2.75) is 17.3 Å². The van der Waals surface area contributed by atoms with E-state index in [1.54, 1.807) is 25.1 Å². The van der Waals surface area contributed by atoms with Crippen molar-refractivity contribution in [3.63, 3.8) is 0 Å². The highest BCUT2D eigenvalue weighted by Gasteiger charge is 2.20. The van der Waals surface area contributed by atoms with E-state index in [9.17, 15) is 20.0 Å². The predicted octanol–water partition coefficient (Wildman–Crippen LogP) is 2.40. The fourth-order valence-electron chi connectivity index (χ4n) is 2.16. The number of aromatic nitrogens is 4. The van der Waals surface area contributed by atoms with E-state index in [1.165, 1.54) is 35.0 Å². The third-order valence-corrected chi connectivity index (χ3v) is 4.54. The minimum Gasteiger partial charge on any atom is -0.508 e. The first-order chi connectivity index (χ1) is 12.9. The number of tetrazole rings is 1. The molecule has 0 spiro atoms. The van der Waals surface area contributed by atoms with Gasteiger partial charge in [0.15, 0.2) is 0 Å². The number of rotatable bonds is 6. The van der Waals surface area contributed by atoms with Gasteiger partial charge in [0.05, 0.1) is 15.9 Å². The molecule has 0 saturated carbocycles. The molecular weight excluding hydrogens is 372 g/mol. The summed E-state index contributed by atoms with van der Waals surface area (Å²) in [6.45, 7) is 1.67. The molecule has 2 N–H and O–H groups in total. The minimum atomic E-state index is -0.564. The Hall–Kier alpha value is -3.47. The topological polar surface area (TPSA) is 136 Å². The summed E-state index contributed by atoms with van der Waals surface area (Å²) >= 11 is 1.13. The molecule has 0 aliphatic carbocycles. The zero-order chi connectivity index (χ0) is 19.4. The summed E-state index contributed by atoms with van der Waals surface area (Å²) in [5, 5.41) is 34.1. The minimum absolute atomic E-state index is 0.107. The number of nitrogens with one attached hydrogen (secondary N) is 1. The first kappa shape index (κ1) is 18.3. The highest BCUT2D eigenvalue weighted by atomic mass is 32.2. The summed E-state index contributed by atoms with van der Waals surface area (Å²) in [5.41, 5.74) is 0.857. The van der Waals surface area contributed by atoms with E-state index in [0.717, 1.165) is 11.8 Å². The summed E-state index contributed by atoms with van der Waals surface area (Å²) in [6, 6.07) is 12.0. The van der Waals surface area contributed by atoms with Gasteiger partial charge >= 0.3 is 0 Å². The van der Waals surface area contributed by atoms with Crippen LogP contribution in [0.2, 0.25) is 0 Å². The summed E-state index contributed by atoms with van der Waals surface area (Å²) in [7, 11) is 0. The second-order valence-electron chi connectivity index (χ2n) is 5.45. The Morgan fingerprint density at radius 1 is 1.30 bits per heavy atom. The van der Waals surface area contributed by atoms with Crippen LogP contribution in [-0.2, 0) is 4.79 Å². The Kier molecular flexibility index (Phi) is 5.31. The molecule has 1 amide bonds. The average molecular weight is 386 g/mol. The standard InChI is InChI=1S/C16H14N6O4S/c1-10(15(24)17-11-3-2-4-13(9-11)22(25)26)27-16-18-19-20-21(16)12-5-7-14(23)8-6-12/h2-10,23H,1H3,(H,17,24)/t10-/m0/s1. The van der Waals surface area contributed by atoms with Crippen LogP contribution in [0.25, 0.3) is 5.69 Å². The van der Waals surface area contributed by atoms with Gasteiger partial charge in [-0.2, -0.15) is 4.68 Å². The number of carbonyl (C=O) groups is 1. The van der Waals surface area contributed by atoms with Crippen molar-refractivity contribution in [3.8, 4) is 11.4 Å². The van der Waals surface area contributed by atoms with Gasteiger partial charge in [0, 0.05) is 17.8 Å². The quantitative estimate of drug-likeness (QED) is 0.374. The normalized spacial score (nSPS) is 11.7. The van der Waals surface area contributed by atoms with Crippen LogP contribution >= 0.6 is 11.8 Å². The number of thioether (sulfide) groups is 1. The first-order valence-electron chi connectivity index (χ1n) is 7.74. The number of phenols is 1. The van der Waals surface area contributed by atoms with Gasteiger partial charge in [0.1, 0.15) is 5.75 Å². The molecular formula is C16H14N6O4S. The largest absolute Gasteiger partial charge is 0.508 e. The predicted molar refractivity (Wildman–Crippen MR) is 97.9 cm³/mol. The first-order valence-corrected chi connectivity index (χ1v) is 8.62. The molecule has 0 fully saturated rings. The fraction of sp³-hybridized carbons (Fsp3) is 0.125. The molecule has 1 heterocycles. The number of nitro groups is 1. The number of hydrogen-bond donors (Lipinski definition) is 2. The number of aromatic hydroxyl groups is 1. The van der Waals surface area contributed by atoms with Crippen molar-refractivity contribution < 1.29 is 14.8 Å². The Labute approximate surface area is 157 Å². The second-order valence-corrected chi connectivity index (χ2v) is 6.75. The summed E-state index contributed by atoms with van der Waals surface area (Å²) < 4.78 is 1.45. The van der Waals surface area contributed by atoms with E-state index >= 15 is 0 Å². The SMILES string of the molecule is C[C@H](Sc1nnnn1-c1ccc(O)cc1)C(=O)Nc1cccc([N+](=O)[O-])c1. The molecule has 1 atom stereocenters. The number of nitrogens with zero attached hydrogens (tertiary/aromatic N) is 5. The number of phenolic OH excluding ortho intramolecular Hbond substituents is 1. The number of anilines is 1. The maximum atomic E-state index is 12.4. The monoisotopic (exact) mass is 386 g/mol. The molecule has 11 heteroatoms. The highest BCUT2D eigenvalue weighted by molar-refractivity contribution is 8.00. The third-order valence-electron chi connectivity index (χ3n) is 3.51. The molecule has 0 aliphatic rings. The van der Waals surface area contributed by atoms with E-state index in [-0.39, 0.29) is 17.3 Å². The fourth-order valence-corrected chi connectivity index (χ4v) is 2.97. The summed E-state index contributed by atoms with van der Waals surface area (Å²) in [4.78, 5) is 22.7. The van der Waals surface area contributed by atoms with Gasteiger partial charge in [0.2, 0.25) is 11.1 Å². The van der Waals surface area contributed by atoms with E-state index < -0.39 is 10.2 Å². The summed E-state index contributed by atoms with van der Waals surface area (Å²) in [6.07, 6.45) is 0. The van der Waals surface area contributed by atoms with Crippen LogP contribution in [0.15, 0.2) is 53.7 Å². The van der Waals surface area contributed by atoms with Crippen molar-refractivity contribution in [2.24, 2.45) is 0 Å². The molecule has 10 nitrogen and oxygen atoms in total. The molecule has 0 radical (unpaired) electrons. The zero-order valence-electron chi connectivity index (χ0n) is 14.0. The van der Waals surface area contributed by atoms with Crippen LogP contribution in [0.1, 0.15) is 6.92 Å². The van der Waals surface area contributed by atoms with Crippen LogP contribution in [0.4, 0.5) is 11.4 Å². The molecule has 2 aromatic carbocycles. The Morgan fingerprint density at radius 2 is 2.04 bits per heavy atom. The van der Waals surface area contributed by atoms with Gasteiger partial charge in [-0.05, 0) is 47.7 Å². The number of hydrogen-bond acceptors (Lipinski definition) is 8. The molecule has 3 rings (SSSR count). The van der Waals surface area contributed by atoms with E-state index in [4.69, 9.17) is 0 Å². The Morgan fingerprint density at radius 3 is 2.74 bits per heavy atom. The lowest BCUT2D eigenvalue weighted by atomic mass is 10.2. The van der Waals surface area contributed by atoms with Crippen molar-refractivity contribution in [1.82, 2.24) is 20.2 Å². The molecule has 27 heavy (non-hydrogen) atoms. The van der Waals surface area contributed by atoms with E-state index in [0.29, 0.717) is 16.5 Å². The van der Waals surface area contributed by atoms with Gasteiger partial charge in [-0.3, -0.25) is 14.9 Å². The molecule has 0 saturated heterocycles. The van der Waals surface area contributed by atoms with Crippen LogP contribution in [0.5, 0.6) is 5.75 Å². The summed E-state index contributed by atoms with van der Waals surface area (Å²) in [5.74, 6) is -0.230. The number of benzene rings is 2. The lowest BCUT2D eigenvalue weighted by Gasteiger charge is -2.11. The van der Waals surface area contributed by atoms with E-state index in [2.05, 4.69) is 20.8 Å². The molecule has 138 valence electrons. The number of carbonyl (C=O) groups excluding carboxylic acids is 1. The van der Waals surface area contributed by atoms with Gasteiger partial charge in [-0.15, -0.1) is 5.10 Å². The van der Waals surface area contributed by atoms with Gasteiger partial charge in [-0.1, -0.05) is 17.8 Å². The smallest absolute Gasteiger partial charge is 0.271 e. The molecule has 0 unspecified atom stereocenters. The van der Waals surface area contributed by atoms with Gasteiger partial charge < -0.3 is 10.4 Å². The number of amides is 1. The Balaban J connectivity index is 1.71. The van der Waals surface area contributed by atoms with Gasteiger partial charge in [-0.25, -0.2) is 0 Å². The molecule has 0 aliphatic heterocycles. The lowest BCUT2D eigenvalue weighted by Crippen LogP contribution is -2.23. The van der Waals surface area contributed by atoms with E-state index in [1.807, 2.05) is 0 Å². The lowest BCUT2D eigenvalue weighted by molar-refractivity contribution is -0.384. The third kappa shape index (κ3) is 4.39. The molecule has 3 aromatic rings. The maximum Gasteiger partial charge on any atom is 0.271 e. The van der Waals surface area contributed by atoms with Gasteiger partial charge in [0.25, 0.3) is 5.69 Å². The molecule has 0 bridgehead atoms. The Bertz CT molecular complexity index is 975. The van der Waals surface area contributed by atoms with Crippen LogP contribution < -0.4 is 5.32 Å². The zero-order valence-corrected chi connectivity index (χ0v) is 14.8. The van der Waals surface area contributed by atoms with Crippen molar-refractivity contribution in [2.75, 3.05) is 5.32 Å². The van der Waals surface area contributed by atoms with Crippen LogP contribution in [0, 0.1) is 10.1 Å². The number of non-ortho nitro benzene ring substituents is 1. The second kappa shape index (κ2) is 7.83. The van der Waals surface area contributed by atoms with Crippen molar-refractivity contribution in [3.05, 3.63) is 58.6 Å². The maximum absolute atomic E-state index is 12.4. The van der Waals surface area contributed by atoms with Crippen molar-refractivity contribution in [1.29, 1.82) is 0 Å².